The number of nitriles is 1. The van der Waals surface area contributed by atoms with Crippen LogP contribution in [0.4, 0.5) is 0 Å². The van der Waals surface area contributed by atoms with E-state index in [1.54, 1.807) is 6.07 Å². The lowest BCUT2D eigenvalue weighted by atomic mass is 10.1. The largest absolute Gasteiger partial charge is 0.506 e. The molecule has 80 valence electrons. The van der Waals surface area contributed by atoms with Crippen LogP contribution in [0.15, 0.2) is 17.0 Å². The van der Waals surface area contributed by atoms with Crippen LogP contribution in [0, 0.1) is 11.3 Å². The topological polar surface area (TPSA) is 104 Å². The van der Waals surface area contributed by atoms with Gasteiger partial charge in [-0.15, -0.1) is 0 Å². The molecule has 0 aliphatic rings. The molecule has 0 atom stereocenters. The molecule has 1 aromatic rings. The van der Waals surface area contributed by atoms with Crippen molar-refractivity contribution in [2.45, 2.75) is 11.4 Å². The number of halogens is 1. The van der Waals surface area contributed by atoms with E-state index < -0.39 is 19.7 Å². The molecule has 0 bridgehead atoms. The first-order chi connectivity index (χ1) is 6.90. The molecule has 0 amide bonds. The van der Waals surface area contributed by atoms with Crippen LogP contribution in [-0.2, 0) is 15.6 Å². The van der Waals surface area contributed by atoms with Gasteiger partial charge in [0.15, 0.2) is 0 Å². The SMILES string of the molecule is N#Cc1cc(CN)c(O)c(S(=O)(=O)Cl)c1. The first kappa shape index (κ1) is 11.8. The van der Waals surface area contributed by atoms with Crippen molar-refractivity contribution in [2.75, 3.05) is 0 Å². The van der Waals surface area contributed by atoms with Crippen molar-refractivity contribution >= 4 is 19.7 Å². The number of rotatable bonds is 2. The molecule has 0 unspecified atom stereocenters. The smallest absolute Gasteiger partial charge is 0.265 e. The Morgan fingerprint density at radius 3 is 2.53 bits per heavy atom. The first-order valence-corrected chi connectivity index (χ1v) is 6.11. The van der Waals surface area contributed by atoms with Gasteiger partial charge in [0.05, 0.1) is 11.6 Å². The number of aromatic hydroxyl groups is 1. The highest BCUT2D eigenvalue weighted by Gasteiger charge is 2.19. The van der Waals surface area contributed by atoms with Gasteiger partial charge < -0.3 is 10.8 Å². The Kier molecular flexibility index (Phi) is 3.19. The minimum Gasteiger partial charge on any atom is -0.506 e. The van der Waals surface area contributed by atoms with Gasteiger partial charge in [-0.05, 0) is 12.1 Å². The van der Waals surface area contributed by atoms with E-state index in [1.807, 2.05) is 0 Å². The van der Waals surface area contributed by atoms with Crippen LogP contribution in [0.3, 0.4) is 0 Å². The molecule has 7 heteroatoms. The van der Waals surface area contributed by atoms with E-state index in [0.717, 1.165) is 6.07 Å². The van der Waals surface area contributed by atoms with Crippen LogP contribution in [-0.4, -0.2) is 13.5 Å². The lowest BCUT2D eigenvalue weighted by Gasteiger charge is -2.06. The second kappa shape index (κ2) is 4.06. The Morgan fingerprint density at radius 1 is 1.53 bits per heavy atom. The zero-order chi connectivity index (χ0) is 11.6. The predicted molar refractivity (Wildman–Crippen MR) is 53.8 cm³/mol. The number of phenols is 1. The van der Waals surface area contributed by atoms with Crippen LogP contribution < -0.4 is 5.73 Å². The van der Waals surface area contributed by atoms with E-state index in [1.165, 1.54) is 6.07 Å². The van der Waals surface area contributed by atoms with Gasteiger partial charge in [-0.25, -0.2) is 8.42 Å². The first-order valence-electron chi connectivity index (χ1n) is 3.81. The lowest BCUT2D eigenvalue weighted by Crippen LogP contribution is -2.01. The van der Waals surface area contributed by atoms with E-state index in [4.69, 9.17) is 21.7 Å². The summed E-state index contributed by atoms with van der Waals surface area (Å²) in [6.07, 6.45) is 0. The summed E-state index contributed by atoms with van der Waals surface area (Å²) in [5.74, 6) is -0.508. The standard InChI is InChI=1S/C8H7ClN2O3S/c9-15(13,14)7-2-5(3-10)1-6(4-11)8(7)12/h1-2,12H,4,11H2. The lowest BCUT2D eigenvalue weighted by molar-refractivity contribution is 0.452. The van der Waals surface area contributed by atoms with Crippen molar-refractivity contribution in [1.82, 2.24) is 0 Å². The third-order valence-corrected chi connectivity index (χ3v) is 3.10. The second-order valence-electron chi connectivity index (χ2n) is 2.74. The molecule has 3 N–H and O–H groups in total. The molecule has 0 aliphatic carbocycles. The Bertz CT molecular complexity index is 534. The van der Waals surface area contributed by atoms with Crippen LogP contribution >= 0.6 is 10.7 Å². The van der Waals surface area contributed by atoms with Gasteiger partial charge in [0.25, 0.3) is 9.05 Å². The van der Waals surface area contributed by atoms with Crippen LogP contribution in [0.1, 0.15) is 11.1 Å². The van der Waals surface area contributed by atoms with Gasteiger partial charge in [-0.3, -0.25) is 0 Å². The maximum Gasteiger partial charge on any atom is 0.265 e. The molecular weight excluding hydrogens is 240 g/mol. The molecular formula is C8H7ClN2O3S. The summed E-state index contributed by atoms with van der Waals surface area (Å²) >= 11 is 0. The third-order valence-electron chi connectivity index (χ3n) is 1.77. The Balaban J connectivity index is 3.60. The van der Waals surface area contributed by atoms with Crippen molar-refractivity contribution < 1.29 is 13.5 Å². The quantitative estimate of drug-likeness (QED) is 0.746. The summed E-state index contributed by atoms with van der Waals surface area (Å²) < 4.78 is 22.1. The van der Waals surface area contributed by atoms with Gasteiger partial charge in [0.2, 0.25) is 0 Å². The van der Waals surface area contributed by atoms with Crippen molar-refractivity contribution in [1.29, 1.82) is 5.26 Å². The fraction of sp³-hybridized carbons (Fsp3) is 0.125. The van der Waals surface area contributed by atoms with Crippen LogP contribution in [0.5, 0.6) is 5.75 Å². The normalized spacial score (nSPS) is 11.0. The molecule has 0 aliphatic heterocycles. The summed E-state index contributed by atoms with van der Waals surface area (Å²) in [5, 5.41) is 18.1. The Hall–Kier alpha value is -1.29. The Morgan fingerprint density at radius 2 is 2.13 bits per heavy atom. The van der Waals surface area contributed by atoms with Gasteiger partial charge in [0, 0.05) is 22.8 Å². The molecule has 0 heterocycles. The predicted octanol–water partition coefficient (Wildman–Crippen LogP) is 0.650. The fourth-order valence-corrected chi connectivity index (χ4v) is 2.05. The van der Waals surface area contributed by atoms with Crippen LogP contribution in [0.2, 0.25) is 0 Å². The van der Waals surface area contributed by atoms with E-state index in [0.29, 0.717) is 0 Å². The molecule has 0 aromatic heterocycles. The maximum atomic E-state index is 11.0. The van der Waals surface area contributed by atoms with Crippen molar-refractivity contribution in [2.24, 2.45) is 5.73 Å². The summed E-state index contributed by atoms with van der Waals surface area (Å²) in [4.78, 5) is -0.497. The molecule has 0 saturated carbocycles. The summed E-state index contributed by atoms with van der Waals surface area (Å²) in [7, 11) is 1.00. The second-order valence-corrected chi connectivity index (χ2v) is 5.27. The van der Waals surface area contributed by atoms with Gasteiger partial charge in [-0.1, -0.05) is 0 Å². The zero-order valence-electron chi connectivity index (χ0n) is 7.44. The number of hydrogen-bond acceptors (Lipinski definition) is 5. The molecule has 15 heavy (non-hydrogen) atoms. The van der Waals surface area contributed by atoms with Gasteiger partial charge >= 0.3 is 0 Å². The average molecular weight is 247 g/mol. The minimum atomic E-state index is -4.08. The summed E-state index contributed by atoms with van der Waals surface area (Å²) in [5.41, 5.74) is 5.52. The number of nitrogens with zero attached hydrogens (tertiary/aromatic N) is 1. The van der Waals surface area contributed by atoms with Gasteiger partial charge in [-0.2, -0.15) is 5.26 Å². The van der Waals surface area contributed by atoms with Crippen LogP contribution in [0.25, 0.3) is 0 Å². The fourth-order valence-electron chi connectivity index (χ4n) is 1.07. The van der Waals surface area contributed by atoms with E-state index in [2.05, 4.69) is 0 Å². The third kappa shape index (κ3) is 2.39. The highest BCUT2D eigenvalue weighted by molar-refractivity contribution is 8.13. The molecule has 0 saturated heterocycles. The highest BCUT2D eigenvalue weighted by atomic mass is 35.7. The molecule has 0 radical (unpaired) electrons. The molecule has 1 aromatic carbocycles. The van der Waals surface area contributed by atoms with Crippen molar-refractivity contribution in [3.8, 4) is 11.8 Å². The van der Waals surface area contributed by atoms with E-state index in [9.17, 15) is 13.5 Å². The monoisotopic (exact) mass is 246 g/mol. The number of benzene rings is 1. The maximum absolute atomic E-state index is 11.0. The van der Waals surface area contributed by atoms with Crippen molar-refractivity contribution in [3.63, 3.8) is 0 Å². The average Bonchev–Trinajstić information content (AvgIpc) is 2.16. The molecule has 0 fully saturated rings. The van der Waals surface area contributed by atoms with Gasteiger partial charge in [0.1, 0.15) is 10.6 Å². The summed E-state index contributed by atoms with van der Waals surface area (Å²) in [6, 6.07) is 4.05. The van der Waals surface area contributed by atoms with E-state index in [-0.39, 0.29) is 17.7 Å². The number of hydrogen-bond donors (Lipinski definition) is 2. The van der Waals surface area contributed by atoms with E-state index >= 15 is 0 Å². The zero-order valence-corrected chi connectivity index (χ0v) is 9.01. The molecule has 1 rings (SSSR count). The highest BCUT2D eigenvalue weighted by Crippen LogP contribution is 2.30. The minimum absolute atomic E-state index is 0.0764. The Labute approximate surface area is 91.1 Å². The summed E-state index contributed by atoms with van der Waals surface area (Å²) in [6.45, 7) is -0.0826. The number of phenolic OH excluding ortho intramolecular Hbond substituents is 1. The number of nitrogens with two attached hydrogens (primary N) is 1. The molecule has 0 spiro atoms. The molecule has 5 nitrogen and oxygen atoms in total. The van der Waals surface area contributed by atoms with Crippen molar-refractivity contribution in [3.05, 3.63) is 23.3 Å².